The molecule has 15 nitrogen and oxygen atoms in total. The predicted octanol–water partition coefficient (Wildman–Crippen LogP) is 2.96. The zero-order valence-electron chi connectivity index (χ0n) is 27.5. The maximum atomic E-state index is 13.5. The number of amides is 6. The maximum Gasteiger partial charge on any atom is 0.343 e. The predicted molar refractivity (Wildman–Crippen MR) is 180 cm³/mol. The minimum Gasteiger partial charge on any atom is -0.382 e. The highest BCUT2D eigenvalue weighted by molar-refractivity contribution is 6.22. The van der Waals surface area contributed by atoms with Crippen molar-refractivity contribution < 1.29 is 24.0 Å². The zero-order valence-corrected chi connectivity index (χ0v) is 27.5. The van der Waals surface area contributed by atoms with Crippen LogP contribution in [0.4, 0.5) is 10.5 Å². The van der Waals surface area contributed by atoms with Crippen LogP contribution in [0.5, 0.6) is 0 Å². The summed E-state index contributed by atoms with van der Waals surface area (Å²) in [4.78, 5) is 74.9. The summed E-state index contributed by atoms with van der Waals surface area (Å²) < 4.78 is 1.82. The van der Waals surface area contributed by atoms with E-state index >= 15 is 0 Å². The minimum atomic E-state index is -0.800. The molecule has 0 spiro atoms. The van der Waals surface area contributed by atoms with Crippen molar-refractivity contribution in [3.05, 3.63) is 82.8 Å². The normalized spacial score (nSPS) is 16.9. The number of aromatic nitrogens is 3. The van der Waals surface area contributed by atoms with Crippen LogP contribution >= 0.6 is 0 Å². The molecule has 0 saturated carbocycles. The molecular formula is C35H34N10O5. The number of urea groups is 1. The smallest absolute Gasteiger partial charge is 0.343 e. The lowest BCUT2D eigenvalue weighted by Gasteiger charge is -2.32. The number of piperidine rings is 1. The lowest BCUT2D eigenvalue weighted by Crippen LogP contribution is -2.58. The Labute approximate surface area is 286 Å². The van der Waals surface area contributed by atoms with Gasteiger partial charge in [0.2, 0.25) is 5.91 Å². The van der Waals surface area contributed by atoms with E-state index in [2.05, 4.69) is 36.9 Å². The molecule has 7 rings (SSSR count). The van der Waals surface area contributed by atoms with Crippen molar-refractivity contribution in [3.63, 3.8) is 0 Å². The van der Waals surface area contributed by atoms with E-state index in [9.17, 15) is 29.2 Å². The summed E-state index contributed by atoms with van der Waals surface area (Å²) in [6.45, 7) is 5.89. The van der Waals surface area contributed by atoms with Crippen molar-refractivity contribution in [1.29, 1.82) is 5.26 Å². The second-order valence-electron chi connectivity index (χ2n) is 12.9. The van der Waals surface area contributed by atoms with E-state index in [-0.39, 0.29) is 42.1 Å². The van der Waals surface area contributed by atoms with Crippen LogP contribution in [0.3, 0.4) is 0 Å². The molecule has 0 radical (unpaired) electrons. The number of hydrogen-bond donors (Lipinski definition) is 3. The maximum absolute atomic E-state index is 13.5. The van der Waals surface area contributed by atoms with E-state index < -0.39 is 23.8 Å². The van der Waals surface area contributed by atoms with Crippen LogP contribution in [0.1, 0.15) is 75.3 Å². The Bertz CT molecular complexity index is 2110. The van der Waals surface area contributed by atoms with Gasteiger partial charge in [-0.25, -0.2) is 19.8 Å². The summed E-state index contributed by atoms with van der Waals surface area (Å²) in [6, 6.07) is 11.9. The standard InChI is InChI=1S/C35H34N10O5/c1-20(2)39-28-15-29(43-11-5-23-13-22(16-36)17-38-31(23)43)37-18-27(28)32(47)40-24-6-9-42(10-7-24)19-21-3-4-25-26(14-21)34(49)45(33(25)48)44-12-8-30(46)41-35(44)50/h3-5,11,13-15,17-18,20,24H,6-10,12,19H2,1-2H3,(H,37,39)(H,40,47)(H,41,46,50). The number of fused-ring (bicyclic) bond motifs is 2. The SMILES string of the molecule is CC(C)Nc1cc(-n2ccc3cc(C#N)cnc32)ncc1C(=O)NC1CCN(Cc2ccc3c(c2)C(=O)N(N2CCC(=O)NC2=O)C3=O)CC1. The molecule has 6 heterocycles. The van der Waals surface area contributed by atoms with E-state index in [1.165, 1.54) is 6.20 Å². The minimum absolute atomic E-state index is 0.00382. The summed E-state index contributed by atoms with van der Waals surface area (Å²) in [5, 5.41) is 20.5. The third kappa shape index (κ3) is 6.12. The van der Waals surface area contributed by atoms with Crippen LogP contribution in [0, 0.1) is 11.3 Å². The number of likely N-dealkylation sites (tertiary alicyclic amines) is 1. The number of hydrogen-bond acceptors (Lipinski definition) is 10. The number of nitriles is 1. The first kappa shape index (κ1) is 32.4. The molecule has 3 aliphatic rings. The van der Waals surface area contributed by atoms with E-state index in [0.29, 0.717) is 47.9 Å². The third-order valence-corrected chi connectivity index (χ3v) is 9.01. The highest BCUT2D eigenvalue weighted by Crippen LogP contribution is 2.28. The Balaban J connectivity index is 0.985. The van der Waals surface area contributed by atoms with Gasteiger partial charge in [0.25, 0.3) is 17.7 Å². The molecule has 254 valence electrons. The number of anilines is 1. The molecule has 3 aliphatic heterocycles. The molecule has 0 bridgehead atoms. The van der Waals surface area contributed by atoms with Gasteiger partial charge in [0.05, 0.1) is 34.5 Å². The summed E-state index contributed by atoms with van der Waals surface area (Å²) in [7, 11) is 0. The van der Waals surface area contributed by atoms with Crippen LogP contribution in [0.25, 0.3) is 16.9 Å². The Morgan fingerprint density at radius 1 is 1.00 bits per heavy atom. The fourth-order valence-electron chi connectivity index (χ4n) is 6.55. The third-order valence-electron chi connectivity index (χ3n) is 9.01. The van der Waals surface area contributed by atoms with Gasteiger partial charge in [-0.1, -0.05) is 6.07 Å². The zero-order chi connectivity index (χ0) is 35.1. The van der Waals surface area contributed by atoms with Gasteiger partial charge >= 0.3 is 6.03 Å². The average Bonchev–Trinajstić information content (AvgIpc) is 3.63. The van der Waals surface area contributed by atoms with Gasteiger partial charge < -0.3 is 10.6 Å². The Kier molecular flexibility index (Phi) is 8.46. The van der Waals surface area contributed by atoms with Crippen LogP contribution < -0.4 is 16.0 Å². The number of nitrogens with zero attached hydrogens (tertiary/aromatic N) is 7. The quantitative estimate of drug-likeness (QED) is 0.235. The van der Waals surface area contributed by atoms with Crippen LogP contribution in [-0.2, 0) is 11.3 Å². The molecule has 15 heteroatoms. The van der Waals surface area contributed by atoms with Crippen molar-refractivity contribution in [2.24, 2.45) is 0 Å². The molecule has 50 heavy (non-hydrogen) atoms. The van der Waals surface area contributed by atoms with Crippen molar-refractivity contribution >= 4 is 46.4 Å². The second-order valence-corrected chi connectivity index (χ2v) is 12.9. The fraction of sp³-hybridized carbons (Fsp3) is 0.314. The number of benzene rings is 1. The van der Waals surface area contributed by atoms with E-state index in [1.54, 1.807) is 30.5 Å². The first-order valence-corrected chi connectivity index (χ1v) is 16.4. The lowest BCUT2D eigenvalue weighted by molar-refractivity contribution is -0.122. The fourth-order valence-corrected chi connectivity index (χ4v) is 6.55. The first-order valence-electron chi connectivity index (χ1n) is 16.4. The molecule has 0 atom stereocenters. The van der Waals surface area contributed by atoms with Gasteiger partial charge in [-0.05, 0) is 56.5 Å². The number of carbonyl (C=O) groups excluding carboxylic acids is 5. The second kappa shape index (κ2) is 13.1. The molecule has 3 N–H and O–H groups in total. The summed E-state index contributed by atoms with van der Waals surface area (Å²) in [5.74, 6) is -1.29. The molecule has 3 aromatic heterocycles. The highest BCUT2D eigenvalue weighted by Gasteiger charge is 2.43. The monoisotopic (exact) mass is 674 g/mol. The van der Waals surface area contributed by atoms with Crippen molar-refractivity contribution in [1.82, 2.24) is 40.1 Å². The van der Waals surface area contributed by atoms with Crippen LogP contribution in [-0.4, -0.2) is 90.8 Å². The van der Waals surface area contributed by atoms with Gasteiger partial charge in [0, 0.05) is 68.2 Å². The molecule has 2 fully saturated rings. The topological polar surface area (TPSA) is 186 Å². The van der Waals surface area contributed by atoms with Crippen LogP contribution in [0.2, 0.25) is 0 Å². The number of pyridine rings is 2. The van der Waals surface area contributed by atoms with Gasteiger partial charge in [-0.2, -0.15) is 10.3 Å². The van der Waals surface area contributed by atoms with Gasteiger partial charge in [-0.15, -0.1) is 0 Å². The van der Waals surface area contributed by atoms with Gasteiger partial charge in [0.1, 0.15) is 17.5 Å². The van der Waals surface area contributed by atoms with E-state index in [1.807, 2.05) is 36.7 Å². The summed E-state index contributed by atoms with van der Waals surface area (Å²) in [6.07, 6.45) is 6.35. The molecule has 4 aromatic rings. The lowest BCUT2D eigenvalue weighted by atomic mass is 10.0. The Morgan fingerprint density at radius 3 is 2.52 bits per heavy atom. The van der Waals surface area contributed by atoms with E-state index in [0.717, 1.165) is 33.8 Å². The number of hydrazine groups is 1. The highest BCUT2D eigenvalue weighted by atomic mass is 16.2. The Hall–Kier alpha value is -6.14. The largest absolute Gasteiger partial charge is 0.382 e. The number of nitrogens with one attached hydrogen (secondary N) is 3. The van der Waals surface area contributed by atoms with Gasteiger partial charge in [-0.3, -0.25) is 34.0 Å². The summed E-state index contributed by atoms with van der Waals surface area (Å²) >= 11 is 0. The average molecular weight is 675 g/mol. The molecule has 2 saturated heterocycles. The van der Waals surface area contributed by atoms with Crippen molar-refractivity contribution in [2.45, 2.75) is 51.7 Å². The van der Waals surface area contributed by atoms with Crippen molar-refractivity contribution in [3.8, 4) is 11.9 Å². The molecule has 0 aliphatic carbocycles. The summed E-state index contributed by atoms with van der Waals surface area (Å²) in [5.41, 5.74) is 3.49. The van der Waals surface area contributed by atoms with Crippen LogP contribution in [0.15, 0.2) is 55.0 Å². The molecule has 6 amide bonds. The number of imide groups is 2. The van der Waals surface area contributed by atoms with E-state index in [4.69, 9.17) is 0 Å². The van der Waals surface area contributed by atoms with Crippen molar-refractivity contribution in [2.75, 3.05) is 25.0 Å². The van der Waals surface area contributed by atoms with Gasteiger partial charge in [0.15, 0.2) is 0 Å². The number of rotatable bonds is 8. The molecular weight excluding hydrogens is 640 g/mol. The first-order chi connectivity index (χ1) is 24.1. The molecule has 0 unspecified atom stereocenters. The molecule has 1 aromatic carbocycles. The number of carbonyl (C=O) groups is 5. The Morgan fingerprint density at radius 2 is 1.78 bits per heavy atom.